The van der Waals surface area contributed by atoms with Gasteiger partial charge in [0.2, 0.25) is 0 Å². The second-order valence-electron chi connectivity index (χ2n) is 2.80. The topological polar surface area (TPSA) is 58.6 Å². The van der Waals surface area contributed by atoms with Crippen molar-refractivity contribution in [2.45, 2.75) is 6.23 Å². The molecule has 0 fully saturated rings. The molecule has 1 aromatic rings. The number of hydrogen-bond acceptors (Lipinski definition) is 3. The number of aliphatic hydroxyl groups is 1. The Morgan fingerprint density at radius 3 is 3.00 bits per heavy atom. The molecule has 1 aromatic carbocycles. The summed E-state index contributed by atoms with van der Waals surface area (Å²) in [6.07, 6.45) is -0.905. The van der Waals surface area contributed by atoms with E-state index in [1.807, 2.05) is 0 Å². The summed E-state index contributed by atoms with van der Waals surface area (Å²) in [5, 5.41) is 11.8. The van der Waals surface area contributed by atoms with E-state index in [-0.39, 0.29) is 5.91 Å². The first kappa shape index (κ1) is 8.07. The summed E-state index contributed by atoms with van der Waals surface area (Å²) in [5.74, 6) is 0.200. The summed E-state index contributed by atoms with van der Waals surface area (Å²) < 4.78 is 5.00. The van der Waals surface area contributed by atoms with Gasteiger partial charge in [-0.3, -0.25) is 4.79 Å². The van der Waals surface area contributed by atoms with Crippen LogP contribution in [0.4, 0.5) is 0 Å². The average Bonchev–Trinajstić information content (AvgIpc) is 2.43. The van der Waals surface area contributed by atoms with E-state index in [9.17, 15) is 9.90 Å². The molecular formula is C9H9NO3. The molecule has 68 valence electrons. The Kier molecular flexibility index (Phi) is 1.70. The first-order chi connectivity index (χ1) is 6.24. The third kappa shape index (κ3) is 1.07. The van der Waals surface area contributed by atoms with Gasteiger partial charge in [-0.25, -0.2) is 0 Å². The number of hydrogen-bond donors (Lipinski definition) is 2. The van der Waals surface area contributed by atoms with E-state index in [2.05, 4.69) is 5.32 Å². The van der Waals surface area contributed by atoms with E-state index < -0.39 is 6.23 Å². The van der Waals surface area contributed by atoms with E-state index in [1.165, 1.54) is 7.11 Å². The zero-order chi connectivity index (χ0) is 9.42. The van der Waals surface area contributed by atoms with Crippen LogP contribution in [0.5, 0.6) is 5.75 Å². The third-order valence-corrected chi connectivity index (χ3v) is 2.07. The molecule has 2 N–H and O–H groups in total. The van der Waals surface area contributed by atoms with Gasteiger partial charge in [0.15, 0.2) is 6.23 Å². The minimum absolute atomic E-state index is 0.292. The molecule has 1 aliphatic rings. The first-order valence-electron chi connectivity index (χ1n) is 3.90. The molecule has 1 amide bonds. The SMILES string of the molecule is COc1cccc2c1C(=O)NC2O. The lowest BCUT2D eigenvalue weighted by Crippen LogP contribution is -2.18. The highest BCUT2D eigenvalue weighted by atomic mass is 16.5. The van der Waals surface area contributed by atoms with Crippen LogP contribution in [-0.2, 0) is 0 Å². The lowest BCUT2D eigenvalue weighted by Gasteiger charge is -2.04. The predicted octanol–water partition coefficient (Wildman–Crippen LogP) is 0.429. The van der Waals surface area contributed by atoms with Crippen LogP contribution in [0.15, 0.2) is 18.2 Å². The Morgan fingerprint density at radius 2 is 2.31 bits per heavy atom. The maximum Gasteiger partial charge on any atom is 0.257 e. The van der Waals surface area contributed by atoms with E-state index in [4.69, 9.17) is 4.74 Å². The van der Waals surface area contributed by atoms with Crippen molar-refractivity contribution in [2.24, 2.45) is 0 Å². The Morgan fingerprint density at radius 1 is 1.54 bits per heavy atom. The Labute approximate surface area is 75.1 Å². The lowest BCUT2D eigenvalue weighted by molar-refractivity contribution is 0.0849. The van der Waals surface area contributed by atoms with Crippen LogP contribution in [0.25, 0.3) is 0 Å². The monoisotopic (exact) mass is 179 g/mol. The van der Waals surface area contributed by atoms with Gasteiger partial charge in [0.25, 0.3) is 5.91 Å². The molecular weight excluding hydrogens is 170 g/mol. The number of aliphatic hydroxyl groups excluding tert-OH is 1. The van der Waals surface area contributed by atoms with Crippen LogP contribution in [0.1, 0.15) is 22.1 Å². The zero-order valence-corrected chi connectivity index (χ0v) is 7.07. The van der Waals surface area contributed by atoms with E-state index in [0.717, 1.165) is 0 Å². The molecule has 0 radical (unpaired) electrons. The van der Waals surface area contributed by atoms with Gasteiger partial charge in [0.1, 0.15) is 5.75 Å². The molecule has 1 unspecified atom stereocenters. The highest BCUT2D eigenvalue weighted by Crippen LogP contribution is 2.30. The minimum atomic E-state index is -0.905. The van der Waals surface area contributed by atoms with Gasteiger partial charge in [-0.2, -0.15) is 0 Å². The highest BCUT2D eigenvalue weighted by Gasteiger charge is 2.29. The number of amides is 1. The largest absolute Gasteiger partial charge is 0.496 e. The maximum absolute atomic E-state index is 11.3. The van der Waals surface area contributed by atoms with E-state index >= 15 is 0 Å². The number of nitrogens with one attached hydrogen (secondary N) is 1. The molecule has 0 saturated carbocycles. The van der Waals surface area contributed by atoms with Crippen LogP contribution < -0.4 is 10.1 Å². The van der Waals surface area contributed by atoms with Crippen LogP contribution in [0.2, 0.25) is 0 Å². The Bertz CT molecular complexity index is 362. The zero-order valence-electron chi connectivity index (χ0n) is 7.07. The van der Waals surface area contributed by atoms with Gasteiger partial charge in [-0.1, -0.05) is 12.1 Å². The van der Waals surface area contributed by atoms with Crippen molar-refractivity contribution in [3.8, 4) is 5.75 Å². The van der Waals surface area contributed by atoms with Gasteiger partial charge >= 0.3 is 0 Å². The van der Waals surface area contributed by atoms with Crippen molar-refractivity contribution in [3.63, 3.8) is 0 Å². The van der Waals surface area contributed by atoms with E-state index in [0.29, 0.717) is 16.9 Å². The Balaban J connectivity index is 2.62. The number of carbonyl (C=O) groups excluding carboxylic acids is 1. The fourth-order valence-electron chi connectivity index (χ4n) is 1.46. The maximum atomic E-state index is 11.3. The summed E-state index contributed by atoms with van der Waals surface area (Å²) in [5.41, 5.74) is 1.00. The number of carbonyl (C=O) groups is 1. The minimum Gasteiger partial charge on any atom is -0.496 e. The van der Waals surface area contributed by atoms with E-state index in [1.54, 1.807) is 18.2 Å². The molecule has 4 nitrogen and oxygen atoms in total. The smallest absolute Gasteiger partial charge is 0.257 e. The molecule has 0 saturated heterocycles. The standard InChI is InChI=1S/C9H9NO3/c1-13-6-4-2-3-5-7(6)9(12)10-8(5)11/h2-4,8,11H,1H3,(H,10,12). The second kappa shape index (κ2) is 2.74. The van der Waals surface area contributed by atoms with Gasteiger partial charge in [-0.15, -0.1) is 0 Å². The number of benzene rings is 1. The molecule has 0 aromatic heterocycles. The van der Waals surface area contributed by atoms with Crippen LogP contribution in [0.3, 0.4) is 0 Å². The van der Waals surface area contributed by atoms with Gasteiger partial charge in [0.05, 0.1) is 12.7 Å². The van der Waals surface area contributed by atoms with Gasteiger partial charge in [-0.05, 0) is 6.07 Å². The number of rotatable bonds is 1. The number of methoxy groups -OCH3 is 1. The Hall–Kier alpha value is -1.55. The van der Waals surface area contributed by atoms with Crippen LogP contribution >= 0.6 is 0 Å². The lowest BCUT2D eigenvalue weighted by atomic mass is 10.1. The van der Waals surface area contributed by atoms with Crippen molar-refractivity contribution in [1.29, 1.82) is 0 Å². The molecule has 1 heterocycles. The van der Waals surface area contributed by atoms with Crippen LogP contribution in [0, 0.1) is 0 Å². The fraction of sp³-hybridized carbons (Fsp3) is 0.222. The first-order valence-corrected chi connectivity index (χ1v) is 3.90. The molecule has 0 spiro atoms. The second-order valence-corrected chi connectivity index (χ2v) is 2.80. The summed E-state index contributed by atoms with van der Waals surface area (Å²) in [7, 11) is 1.49. The van der Waals surface area contributed by atoms with Crippen molar-refractivity contribution >= 4 is 5.91 Å². The third-order valence-electron chi connectivity index (χ3n) is 2.07. The number of ether oxygens (including phenoxy) is 1. The van der Waals surface area contributed by atoms with Gasteiger partial charge < -0.3 is 15.2 Å². The summed E-state index contributed by atoms with van der Waals surface area (Å²) in [4.78, 5) is 11.3. The normalized spacial score (nSPS) is 19.5. The molecule has 13 heavy (non-hydrogen) atoms. The molecule has 0 bridgehead atoms. The molecule has 0 aliphatic carbocycles. The molecule has 1 atom stereocenters. The van der Waals surface area contributed by atoms with Crippen molar-refractivity contribution in [1.82, 2.24) is 5.32 Å². The predicted molar refractivity (Wildman–Crippen MR) is 45.4 cm³/mol. The molecule has 2 rings (SSSR count). The average molecular weight is 179 g/mol. The fourth-order valence-corrected chi connectivity index (χ4v) is 1.46. The number of fused-ring (bicyclic) bond motifs is 1. The summed E-state index contributed by atoms with van der Waals surface area (Å²) in [6, 6.07) is 5.12. The van der Waals surface area contributed by atoms with Crippen molar-refractivity contribution in [3.05, 3.63) is 29.3 Å². The quantitative estimate of drug-likeness (QED) is 0.657. The van der Waals surface area contributed by atoms with Crippen molar-refractivity contribution < 1.29 is 14.6 Å². The van der Waals surface area contributed by atoms with Crippen LogP contribution in [-0.4, -0.2) is 18.1 Å². The highest BCUT2D eigenvalue weighted by molar-refractivity contribution is 6.01. The molecule has 1 aliphatic heterocycles. The van der Waals surface area contributed by atoms with Crippen molar-refractivity contribution in [2.75, 3.05) is 7.11 Å². The summed E-state index contributed by atoms with van der Waals surface area (Å²) >= 11 is 0. The summed E-state index contributed by atoms with van der Waals surface area (Å²) in [6.45, 7) is 0. The molecule has 4 heteroatoms. The van der Waals surface area contributed by atoms with Gasteiger partial charge in [0, 0.05) is 5.56 Å².